The quantitative estimate of drug-likeness (QED) is 0.583. The molecule has 0 amide bonds. The summed E-state index contributed by atoms with van der Waals surface area (Å²) in [6.07, 6.45) is 6.36. The Morgan fingerprint density at radius 3 is 2.92 bits per heavy atom. The third-order valence-corrected chi connectivity index (χ3v) is 4.25. The lowest BCUT2D eigenvalue weighted by Gasteiger charge is -2.02. The van der Waals surface area contributed by atoms with Crippen LogP contribution in [0.4, 0.5) is 0 Å². The normalized spacial score (nSPS) is 11.8. The number of fused-ring (bicyclic) bond motifs is 1. The van der Waals surface area contributed by atoms with E-state index in [2.05, 4.69) is 50.5 Å². The van der Waals surface area contributed by atoms with Gasteiger partial charge in [0.05, 0.1) is 11.9 Å². The Balaban J connectivity index is 1.72. The van der Waals surface area contributed by atoms with E-state index >= 15 is 0 Å². The van der Waals surface area contributed by atoms with Crippen molar-refractivity contribution in [3.8, 4) is 5.95 Å². The van der Waals surface area contributed by atoms with Crippen LogP contribution in [0.2, 0.25) is 0 Å². The molecule has 0 aliphatic carbocycles. The molecule has 126 valence electrons. The fourth-order valence-corrected chi connectivity index (χ4v) is 3.04. The summed E-state index contributed by atoms with van der Waals surface area (Å²) >= 11 is 0. The van der Waals surface area contributed by atoms with Gasteiger partial charge in [-0.15, -0.1) is 10.2 Å². The number of aromatic amines is 1. The van der Waals surface area contributed by atoms with E-state index in [0.29, 0.717) is 5.95 Å². The van der Waals surface area contributed by atoms with Crippen LogP contribution in [-0.4, -0.2) is 35.9 Å². The van der Waals surface area contributed by atoms with Crippen molar-refractivity contribution < 1.29 is 0 Å². The lowest BCUT2D eigenvalue weighted by molar-refractivity contribution is 0.717. The lowest BCUT2D eigenvalue weighted by Crippen LogP contribution is -2.06. The second kappa shape index (κ2) is 6.01. The number of rotatable bonds is 4. The van der Waals surface area contributed by atoms with Crippen molar-refractivity contribution in [3.63, 3.8) is 0 Å². The van der Waals surface area contributed by atoms with Crippen molar-refractivity contribution in [1.82, 2.24) is 29.6 Å². The monoisotopic (exact) mass is 333 g/mol. The average molecular weight is 333 g/mol. The van der Waals surface area contributed by atoms with Crippen molar-refractivity contribution in [2.24, 2.45) is 5.10 Å². The predicted molar refractivity (Wildman–Crippen MR) is 97.3 cm³/mol. The number of aromatic nitrogens is 6. The molecule has 0 bridgehead atoms. The van der Waals surface area contributed by atoms with E-state index < -0.39 is 0 Å². The molecular formula is C18H19N7. The van der Waals surface area contributed by atoms with Crippen LogP contribution >= 0.6 is 0 Å². The molecule has 7 nitrogen and oxygen atoms in total. The maximum atomic E-state index is 4.53. The minimum absolute atomic E-state index is 0.566. The van der Waals surface area contributed by atoms with Crippen LogP contribution in [0.15, 0.2) is 41.9 Å². The molecule has 3 heterocycles. The molecule has 0 radical (unpaired) electrons. The second-order valence-electron chi connectivity index (χ2n) is 6.00. The summed E-state index contributed by atoms with van der Waals surface area (Å²) in [7, 11) is 0. The zero-order chi connectivity index (χ0) is 17.4. The summed E-state index contributed by atoms with van der Waals surface area (Å²) in [5.74, 6) is 0.566. The summed E-state index contributed by atoms with van der Waals surface area (Å²) in [6.45, 7) is 6.08. The molecule has 1 N–H and O–H groups in total. The number of H-pyrrole nitrogens is 1. The summed E-state index contributed by atoms with van der Waals surface area (Å²) in [4.78, 5) is 3.35. The Bertz CT molecular complexity index is 1060. The van der Waals surface area contributed by atoms with E-state index in [1.54, 1.807) is 15.7 Å². The van der Waals surface area contributed by atoms with E-state index in [-0.39, 0.29) is 0 Å². The van der Waals surface area contributed by atoms with E-state index in [1.165, 1.54) is 5.56 Å². The number of para-hydroxylation sites is 1. The van der Waals surface area contributed by atoms with Crippen molar-refractivity contribution in [2.75, 3.05) is 0 Å². The van der Waals surface area contributed by atoms with Gasteiger partial charge in [-0.1, -0.05) is 25.1 Å². The maximum absolute atomic E-state index is 4.53. The highest BCUT2D eigenvalue weighted by Gasteiger charge is 2.11. The fraction of sp³-hybridized carbons (Fsp3) is 0.222. The number of hydrogen-bond donors (Lipinski definition) is 1. The van der Waals surface area contributed by atoms with Crippen LogP contribution in [0.5, 0.6) is 0 Å². The molecule has 4 rings (SSSR count). The highest BCUT2D eigenvalue weighted by atomic mass is 15.5. The molecule has 3 aromatic heterocycles. The largest absolute Gasteiger partial charge is 0.360 e. The molecule has 0 spiro atoms. The molecule has 1 aromatic carbocycles. The number of hydrogen-bond acceptors (Lipinski definition) is 4. The first-order valence-corrected chi connectivity index (χ1v) is 8.24. The molecule has 0 saturated heterocycles. The number of aryl methyl sites for hydroxylation is 3. The van der Waals surface area contributed by atoms with Gasteiger partial charge < -0.3 is 4.98 Å². The molecule has 0 aliphatic rings. The van der Waals surface area contributed by atoms with Crippen LogP contribution in [0.25, 0.3) is 16.9 Å². The van der Waals surface area contributed by atoms with Crippen LogP contribution < -0.4 is 0 Å². The summed E-state index contributed by atoms with van der Waals surface area (Å²) in [6, 6.07) is 8.31. The zero-order valence-corrected chi connectivity index (χ0v) is 14.4. The Morgan fingerprint density at radius 1 is 1.28 bits per heavy atom. The summed E-state index contributed by atoms with van der Waals surface area (Å²) < 4.78 is 3.37. The second-order valence-corrected chi connectivity index (χ2v) is 6.00. The van der Waals surface area contributed by atoms with Crippen molar-refractivity contribution in [1.29, 1.82) is 0 Å². The third kappa shape index (κ3) is 2.63. The van der Waals surface area contributed by atoms with Gasteiger partial charge in [0.15, 0.2) is 0 Å². The lowest BCUT2D eigenvalue weighted by atomic mass is 10.1. The zero-order valence-electron chi connectivity index (χ0n) is 14.4. The third-order valence-electron chi connectivity index (χ3n) is 4.25. The van der Waals surface area contributed by atoms with Gasteiger partial charge in [0.25, 0.3) is 5.95 Å². The molecule has 0 atom stereocenters. The first kappa shape index (κ1) is 15.3. The van der Waals surface area contributed by atoms with Gasteiger partial charge in [0.1, 0.15) is 6.33 Å². The van der Waals surface area contributed by atoms with Gasteiger partial charge in [-0.3, -0.25) is 0 Å². The molecule has 7 heteroatoms. The van der Waals surface area contributed by atoms with Gasteiger partial charge in [-0.05, 0) is 31.9 Å². The first-order valence-electron chi connectivity index (χ1n) is 8.24. The Labute approximate surface area is 145 Å². The molecule has 0 aliphatic heterocycles. The standard InChI is InChI=1S/C18H19N7/c1-4-14-6-5-7-16-15(9-19-17(14)16)10-21-24-11-20-22-18(24)25-13(3)8-12(2)23-25/h5-11,19H,4H2,1-3H3/b21-10+. The molecule has 4 aromatic rings. The topological polar surface area (TPSA) is 76.7 Å². The van der Waals surface area contributed by atoms with Crippen molar-refractivity contribution >= 4 is 17.1 Å². The highest BCUT2D eigenvalue weighted by molar-refractivity contribution is 6.00. The number of benzene rings is 1. The predicted octanol–water partition coefficient (Wildman–Crippen LogP) is 3.01. The van der Waals surface area contributed by atoms with Crippen LogP contribution in [0, 0.1) is 13.8 Å². The fourth-order valence-electron chi connectivity index (χ4n) is 3.04. The average Bonchev–Trinajstić information content (AvgIpc) is 3.30. The van der Waals surface area contributed by atoms with E-state index in [0.717, 1.165) is 34.3 Å². The van der Waals surface area contributed by atoms with Gasteiger partial charge >= 0.3 is 0 Å². The Morgan fingerprint density at radius 2 is 2.16 bits per heavy atom. The van der Waals surface area contributed by atoms with Crippen LogP contribution in [-0.2, 0) is 6.42 Å². The Kier molecular flexibility index (Phi) is 3.68. The minimum Gasteiger partial charge on any atom is -0.360 e. The summed E-state index contributed by atoms with van der Waals surface area (Å²) in [5, 5.41) is 18.2. The molecule has 25 heavy (non-hydrogen) atoms. The molecule has 0 unspecified atom stereocenters. The van der Waals surface area contributed by atoms with Gasteiger partial charge in [-0.2, -0.15) is 14.9 Å². The first-order chi connectivity index (χ1) is 12.2. The van der Waals surface area contributed by atoms with E-state index in [9.17, 15) is 0 Å². The van der Waals surface area contributed by atoms with E-state index in [4.69, 9.17) is 0 Å². The Hall–Kier alpha value is -3.22. The molecular weight excluding hydrogens is 314 g/mol. The number of nitrogens with one attached hydrogen (secondary N) is 1. The highest BCUT2D eigenvalue weighted by Crippen LogP contribution is 2.21. The van der Waals surface area contributed by atoms with Gasteiger partial charge in [0, 0.05) is 28.4 Å². The number of nitrogens with zero attached hydrogens (tertiary/aromatic N) is 6. The maximum Gasteiger partial charge on any atom is 0.273 e. The smallest absolute Gasteiger partial charge is 0.273 e. The SMILES string of the molecule is CCc1cccc2c(/C=N/n3cnnc3-n3nc(C)cc3C)c[nH]c12. The minimum atomic E-state index is 0.566. The van der Waals surface area contributed by atoms with Crippen LogP contribution in [0.1, 0.15) is 29.4 Å². The van der Waals surface area contributed by atoms with Gasteiger partial charge in [0.2, 0.25) is 0 Å². The molecule has 0 saturated carbocycles. The van der Waals surface area contributed by atoms with Crippen molar-refractivity contribution in [2.45, 2.75) is 27.2 Å². The van der Waals surface area contributed by atoms with Crippen molar-refractivity contribution in [3.05, 3.63) is 59.3 Å². The molecule has 0 fully saturated rings. The van der Waals surface area contributed by atoms with Gasteiger partial charge in [-0.25, -0.2) is 4.68 Å². The van der Waals surface area contributed by atoms with Crippen LogP contribution in [0.3, 0.4) is 0 Å². The summed E-state index contributed by atoms with van der Waals surface area (Å²) in [5.41, 5.74) is 5.40. The van der Waals surface area contributed by atoms with E-state index in [1.807, 2.05) is 32.3 Å².